The number of aliphatic hydroxyl groups excluding tert-OH is 2. The van der Waals surface area contributed by atoms with Crippen molar-refractivity contribution in [3.8, 4) is 0 Å². The Morgan fingerprint density at radius 3 is 2.22 bits per heavy atom. The molecule has 0 bridgehead atoms. The standard InChI is InChI=1S/C20H19Cl2NO4/c21-19(22)20(27)23-16(12-24)18(26)15-9-7-14(8-10-15)17(25)11-6-13-4-2-1-3-5-13/h1-11,16,18-19,24,26H,12H2,(H,23,27). The van der Waals surface area contributed by atoms with Crippen LogP contribution < -0.4 is 5.32 Å². The molecule has 2 rings (SSSR count). The van der Waals surface area contributed by atoms with Crippen LogP contribution in [0.5, 0.6) is 0 Å². The van der Waals surface area contributed by atoms with Crippen molar-refractivity contribution in [3.63, 3.8) is 0 Å². The van der Waals surface area contributed by atoms with Gasteiger partial charge in [0.05, 0.1) is 12.6 Å². The number of aliphatic hydroxyl groups is 2. The van der Waals surface area contributed by atoms with Crippen LogP contribution in [0, 0.1) is 0 Å². The second-order valence-corrected chi connectivity index (χ2v) is 6.87. The molecule has 5 nitrogen and oxygen atoms in total. The van der Waals surface area contributed by atoms with Crippen molar-refractivity contribution in [2.75, 3.05) is 6.61 Å². The summed E-state index contributed by atoms with van der Waals surface area (Å²) in [5.41, 5.74) is 1.79. The molecule has 0 saturated carbocycles. The molecule has 0 radical (unpaired) electrons. The summed E-state index contributed by atoms with van der Waals surface area (Å²) in [4.78, 5) is 22.5. The maximum absolute atomic E-state index is 12.2. The number of hydrogen-bond acceptors (Lipinski definition) is 4. The summed E-state index contributed by atoms with van der Waals surface area (Å²) in [7, 11) is 0. The molecule has 0 aliphatic rings. The van der Waals surface area contributed by atoms with E-state index in [-0.39, 0.29) is 5.78 Å². The van der Waals surface area contributed by atoms with Crippen LogP contribution in [-0.2, 0) is 4.79 Å². The number of ketones is 1. The largest absolute Gasteiger partial charge is 0.394 e. The first-order chi connectivity index (χ1) is 12.9. The van der Waals surface area contributed by atoms with Crippen LogP contribution in [0.1, 0.15) is 27.6 Å². The average Bonchev–Trinajstić information content (AvgIpc) is 2.70. The van der Waals surface area contributed by atoms with E-state index in [1.165, 1.54) is 6.08 Å². The lowest BCUT2D eigenvalue weighted by atomic mass is 10.00. The van der Waals surface area contributed by atoms with Gasteiger partial charge in [-0.05, 0) is 17.2 Å². The molecule has 27 heavy (non-hydrogen) atoms. The van der Waals surface area contributed by atoms with E-state index in [9.17, 15) is 19.8 Å². The van der Waals surface area contributed by atoms with Gasteiger partial charge in [0, 0.05) is 5.56 Å². The third kappa shape index (κ3) is 6.19. The van der Waals surface area contributed by atoms with Gasteiger partial charge in [0.1, 0.15) is 6.10 Å². The number of allylic oxidation sites excluding steroid dienone is 1. The molecular formula is C20H19Cl2NO4. The minimum atomic E-state index is -1.30. The average molecular weight is 408 g/mol. The van der Waals surface area contributed by atoms with Crippen molar-refractivity contribution in [2.45, 2.75) is 17.0 Å². The number of nitrogens with one attached hydrogen (secondary N) is 1. The van der Waals surface area contributed by atoms with E-state index in [1.54, 1.807) is 30.3 Å². The topological polar surface area (TPSA) is 86.6 Å². The van der Waals surface area contributed by atoms with E-state index >= 15 is 0 Å². The number of amides is 1. The highest BCUT2D eigenvalue weighted by molar-refractivity contribution is 6.53. The number of benzene rings is 2. The summed E-state index contributed by atoms with van der Waals surface area (Å²) in [6, 6.07) is 14.7. The van der Waals surface area contributed by atoms with Crippen LogP contribution >= 0.6 is 23.2 Å². The second kappa shape index (κ2) is 10.2. The number of halogens is 2. The molecule has 2 unspecified atom stereocenters. The molecule has 2 aromatic rings. The van der Waals surface area contributed by atoms with Crippen molar-refractivity contribution in [3.05, 3.63) is 77.4 Å². The first-order valence-corrected chi connectivity index (χ1v) is 9.04. The minimum Gasteiger partial charge on any atom is -0.394 e. The Kier molecular flexibility index (Phi) is 8.00. The molecule has 0 aliphatic heterocycles. The summed E-state index contributed by atoms with van der Waals surface area (Å²) in [6.45, 7) is -0.506. The zero-order valence-corrected chi connectivity index (χ0v) is 15.8. The van der Waals surface area contributed by atoms with Gasteiger partial charge in [-0.2, -0.15) is 0 Å². The van der Waals surface area contributed by atoms with Crippen molar-refractivity contribution in [1.82, 2.24) is 5.32 Å². The van der Waals surface area contributed by atoms with Crippen LogP contribution in [0.3, 0.4) is 0 Å². The Hall–Kier alpha value is -2.18. The zero-order valence-electron chi connectivity index (χ0n) is 14.3. The van der Waals surface area contributed by atoms with E-state index in [0.717, 1.165) is 5.56 Å². The number of carbonyl (C=O) groups is 2. The molecule has 2 atom stereocenters. The van der Waals surface area contributed by atoms with Crippen LogP contribution in [0.15, 0.2) is 60.7 Å². The van der Waals surface area contributed by atoms with Crippen molar-refractivity contribution in [1.29, 1.82) is 0 Å². The summed E-state index contributed by atoms with van der Waals surface area (Å²) in [5.74, 6) is -0.895. The SMILES string of the molecule is O=C(C=Cc1ccccc1)c1ccc(C(O)C(CO)NC(=O)C(Cl)Cl)cc1. The predicted octanol–water partition coefficient (Wildman–Crippen LogP) is 2.90. The van der Waals surface area contributed by atoms with E-state index < -0.39 is 29.5 Å². The molecule has 0 aliphatic carbocycles. The predicted molar refractivity (Wildman–Crippen MR) is 106 cm³/mol. The normalized spacial score (nSPS) is 13.5. The molecule has 0 spiro atoms. The number of carbonyl (C=O) groups excluding carboxylic acids is 2. The smallest absolute Gasteiger partial charge is 0.253 e. The Balaban J connectivity index is 2.05. The van der Waals surface area contributed by atoms with Gasteiger partial charge in [-0.25, -0.2) is 0 Å². The number of rotatable bonds is 8. The lowest BCUT2D eigenvalue weighted by molar-refractivity contribution is -0.121. The fraction of sp³-hybridized carbons (Fsp3) is 0.200. The fourth-order valence-corrected chi connectivity index (χ4v) is 2.51. The van der Waals surface area contributed by atoms with Crippen LogP contribution in [0.25, 0.3) is 6.08 Å². The molecule has 7 heteroatoms. The monoisotopic (exact) mass is 407 g/mol. The summed E-state index contributed by atoms with van der Waals surface area (Å²) >= 11 is 10.9. The van der Waals surface area contributed by atoms with Crippen LogP contribution in [-0.4, -0.2) is 39.4 Å². The third-order valence-corrected chi connectivity index (χ3v) is 4.26. The molecule has 2 aromatic carbocycles. The molecule has 0 heterocycles. The molecule has 0 saturated heterocycles. The van der Waals surface area contributed by atoms with Crippen molar-refractivity contribution >= 4 is 41.0 Å². The van der Waals surface area contributed by atoms with E-state index in [2.05, 4.69) is 5.32 Å². The van der Waals surface area contributed by atoms with Crippen LogP contribution in [0.4, 0.5) is 0 Å². The Labute approximate surface area is 167 Å². The van der Waals surface area contributed by atoms with Gasteiger partial charge >= 0.3 is 0 Å². The number of alkyl halides is 2. The Morgan fingerprint density at radius 1 is 1.04 bits per heavy atom. The summed E-state index contributed by atoms with van der Waals surface area (Å²) in [5, 5.41) is 22.1. The summed E-state index contributed by atoms with van der Waals surface area (Å²) < 4.78 is 0. The second-order valence-electron chi connectivity index (χ2n) is 5.77. The van der Waals surface area contributed by atoms with Gasteiger partial charge in [0.15, 0.2) is 10.6 Å². The first kappa shape index (κ1) is 21.1. The highest BCUT2D eigenvalue weighted by Gasteiger charge is 2.24. The molecule has 0 fully saturated rings. The van der Waals surface area contributed by atoms with E-state index in [1.807, 2.05) is 30.3 Å². The highest BCUT2D eigenvalue weighted by atomic mass is 35.5. The Bertz CT molecular complexity index is 791. The maximum atomic E-state index is 12.2. The zero-order chi connectivity index (χ0) is 19.8. The van der Waals surface area contributed by atoms with Gasteiger partial charge in [-0.3, -0.25) is 9.59 Å². The minimum absolute atomic E-state index is 0.181. The van der Waals surface area contributed by atoms with Gasteiger partial charge in [-0.1, -0.05) is 83.9 Å². The quantitative estimate of drug-likeness (QED) is 0.356. The maximum Gasteiger partial charge on any atom is 0.253 e. The van der Waals surface area contributed by atoms with Gasteiger partial charge in [0.25, 0.3) is 5.91 Å². The first-order valence-electron chi connectivity index (χ1n) is 8.17. The van der Waals surface area contributed by atoms with Gasteiger partial charge in [0.2, 0.25) is 0 Å². The lowest BCUT2D eigenvalue weighted by Gasteiger charge is -2.23. The van der Waals surface area contributed by atoms with E-state index in [0.29, 0.717) is 11.1 Å². The number of hydrogen-bond donors (Lipinski definition) is 3. The van der Waals surface area contributed by atoms with E-state index in [4.69, 9.17) is 23.2 Å². The van der Waals surface area contributed by atoms with Crippen molar-refractivity contribution in [2.24, 2.45) is 0 Å². The van der Waals surface area contributed by atoms with Gasteiger partial charge in [-0.15, -0.1) is 0 Å². The van der Waals surface area contributed by atoms with Crippen molar-refractivity contribution < 1.29 is 19.8 Å². The fourth-order valence-electron chi connectivity index (χ4n) is 2.38. The molecular weight excluding hydrogens is 389 g/mol. The van der Waals surface area contributed by atoms with Gasteiger partial charge < -0.3 is 15.5 Å². The molecule has 1 amide bonds. The third-order valence-electron chi connectivity index (χ3n) is 3.87. The molecule has 142 valence electrons. The Morgan fingerprint density at radius 2 is 1.67 bits per heavy atom. The highest BCUT2D eigenvalue weighted by Crippen LogP contribution is 2.19. The molecule has 3 N–H and O–H groups in total. The summed E-state index contributed by atoms with van der Waals surface area (Å²) in [6.07, 6.45) is 2.01. The lowest BCUT2D eigenvalue weighted by Crippen LogP contribution is -2.44. The van der Waals surface area contributed by atoms with Crippen LogP contribution in [0.2, 0.25) is 0 Å². The molecule has 0 aromatic heterocycles.